The molecule has 0 heterocycles. The largest absolute Gasteiger partial charge is 0.0952 e. The molecule has 0 aromatic heterocycles. The molecule has 3 aromatic rings. The first kappa shape index (κ1) is 23.9. The molecule has 1 fully saturated rings. The van der Waals surface area contributed by atoms with Crippen LogP contribution in [0.5, 0.6) is 0 Å². The minimum Gasteiger partial charge on any atom is -0.0952 e. The highest BCUT2D eigenvalue weighted by molar-refractivity contribution is 5.65. The Labute approximate surface area is 212 Å². The van der Waals surface area contributed by atoms with E-state index >= 15 is 0 Å². The molecule has 0 bridgehead atoms. The van der Waals surface area contributed by atoms with E-state index in [1.165, 1.54) is 75.8 Å². The van der Waals surface area contributed by atoms with Crippen LogP contribution in [0, 0.1) is 19.8 Å². The molecule has 2 atom stereocenters. The van der Waals surface area contributed by atoms with Crippen LogP contribution < -0.4 is 0 Å². The molecule has 0 N–H and O–H groups in total. The Morgan fingerprint density at radius 3 is 2.17 bits per heavy atom. The normalized spacial score (nSPS) is 22.6. The second-order valence-electron chi connectivity index (χ2n) is 11.3. The fourth-order valence-corrected chi connectivity index (χ4v) is 6.29. The average Bonchev–Trinajstić information content (AvgIpc) is 2.87. The van der Waals surface area contributed by atoms with Crippen LogP contribution >= 0.6 is 0 Å². The summed E-state index contributed by atoms with van der Waals surface area (Å²) in [5, 5.41) is 0. The zero-order valence-corrected chi connectivity index (χ0v) is 22.0. The van der Waals surface area contributed by atoms with Crippen LogP contribution in [0.3, 0.4) is 0 Å². The molecule has 1 saturated carbocycles. The van der Waals surface area contributed by atoms with E-state index in [0.717, 1.165) is 18.3 Å². The summed E-state index contributed by atoms with van der Waals surface area (Å²) in [5.41, 5.74) is 12.6. The minimum atomic E-state index is 0.331. The van der Waals surface area contributed by atoms with Gasteiger partial charge in [0.1, 0.15) is 0 Å². The summed E-state index contributed by atoms with van der Waals surface area (Å²) in [4.78, 5) is 0. The predicted octanol–water partition coefficient (Wildman–Crippen LogP) is 9.66. The average molecular weight is 461 g/mol. The Morgan fingerprint density at radius 1 is 0.829 bits per heavy atom. The van der Waals surface area contributed by atoms with Crippen molar-refractivity contribution in [1.82, 2.24) is 0 Å². The van der Waals surface area contributed by atoms with Crippen LogP contribution in [-0.4, -0.2) is 0 Å². The maximum atomic E-state index is 4.45. The van der Waals surface area contributed by atoms with Gasteiger partial charge in [-0.25, -0.2) is 0 Å². The number of rotatable bonds is 5. The fourth-order valence-electron chi connectivity index (χ4n) is 6.29. The van der Waals surface area contributed by atoms with Gasteiger partial charge in [0, 0.05) is 11.8 Å². The van der Waals surface area contributed by atoms with Gasteiger partial charge >= 0.3 is 0 Å². The zero-order chi connectivity index (χ0) is 24.5. The standard InChI is InChI=1S/C35H40/c1-23-9-12-29(13-10-23)30-17-15-28(16-18-30)27(5)32-20-19-31-14-11-26(4)34(35(31)21-32)22-33-24(2)7-6-8-25(33)3/h6-8,11,14-21,23,27,29,34H,4,9-10,12-13,22H2,1-3,5H3. The smallest absolute Gasteiger partial charge is 0.0130 e. The van der Waals surface area contributed by atoms with Crippen molar-refractivity contribution in [3.63, 3.8) is 0 Å². The highest BCUT2D eigenvalue weighted by atomic mass is 14.3. The predicted molar refractivity (Wildman–Crippen MR) is 151 cm³/mol. The lowest BCUT2D eigenvalue weighted by atomic mass is 9.77. The van der Waals surface area contributed by atoms with Crippen LogP contribution in [0.4, 0.5) is 0 Å². The first-order valence-electron chi connectivity index (χ1n) is 13.6. The van der Waals surface area contributed by atoms with E-state index in [-0.39, 0.29) is 0 Å². The van der Waals surface area contributed by atoms with Crippen LogP contribution in [0.15, 0.2) is 78.9 Å². The highest BCUT2D eigenvalue weighted by Crippen LogP contribution is 2.40. The lowest BCUT2D eigenvalue weighted by Gasteiger charge is -2.28. The van der Waals surface area contributed by atoms with Gasteiger partial charge < -0.3 is 0 Å². The summed E-state index contributed by atoms with van der Waals surface area (Å²) in [6, 6.07) is 23.3. The van der Waals surface area contributed by atoms with E-state index in [2.05, 4.69) is 107 Å². The lowest BCUT2D eigenvalue weighted by molar-refractivity contribution is 0.348. The van der Waals surface area contributed by atoms with Gasteiger partial charge in [0.25, 0.3) is 0 Å². The summed E-state index contributed by atoms with van der Waals surface area (Å²) in [6.45, 7) is 13.7. The van der Waals surface area contributed by atoms with Gasteiger partial charge in [-0.15, -0.1) is 0 Å². The third-order valence-electron chi connectivity index (χ3n) is 8.89. The van der Waals surface area contributed by atoms with Gasteiger partial charge in [0.05, 0.1) is 0 Å². The Kier molecular flexibility index (Phi) is 6.83. The third-order valence-corrected chi connectivity index (χ3v) is 8.89. The molecule has 2 unspecified atom stereocenters. The molecule has 0 saturated heterocycles. The van der Waals surface area contributed by atoms with E-state index in [4.69, 9.17) is 0 Å². The summed E-state index contributed by atoms with van der Waals surface area (Å²) in [6.07, 6.45) is 10.9. The van der Waals surface area contributed by atoms with Gasteiger partial charge in [-0.05, 0) is 95.0 Å². The van der Waals surface area contributed by atoms with E-state index in [9.17, 15) is 0 Å². The fraction of sp³-hybridized carbons (Fsp3) is 0.371. The number of allylic oxidation sites excluding steroid dienone is 2. The topological polar surface area (TPSA) is 0 Å². The van der Waals surface area contributed by atoms with E-state index in [1.54, 1.807) is 0 Å². The second-order valence-corrected chi connectivity index (χ2v) is 11.3. The van der Waals surface area contributed by atoms with Crippen molar-refractivity contribution in [2.24, 2.45) is 5.92 Å². The Morgan fingerprint density at radius 2 is 1.49 bits per heavy atom. The number of aryl methyl sites for hydroxylation is 2. The van der Waals surface area contributed by atoms with Gasteiger partial charge in [0.15, 0.2) is 0 Å². The highest BCUT2D eigenvalue weighted by Gasteiger charge is 2.24. The SMILES string of the molecule is C=C1C=Cc2ccc(C(C)c3ccc(C4CCC(C)CC4)cc3)cc2C1Cc1c(C)cccc1C. The van der Waals surface area contributed by atoms with Gasteiger partial charge in [-0.2, -0.15) is 0 Å². The van der Waals surface area contributed by atoms with Crippen molar-refractivity contribution in [2.45, 2.75) is 77.6 Å². The van der Waals surface area contributed by atoms with Crippen molar-refractivity contribution in [3.05, 3.63) is 123 Å². The molecule has 0 radical (unpaired) electrons. The molecular weight excluding hydrogens is 420 g/mol. The molecule has 5 rings (SSSR count). The molecule has 35 heavy (non-hydrogen) atoms. The molecule has 180 valence electrons. The molecule has 0 nitrogen and oxygen atoms in total. The Balaban J connectivity index is 1.40. The number of benzene rings is 3. The molecule has 0 heteroatoms. The number of hydrogen-bond donors (Lipinski definition) is 0. The molecule has 2 aliphatic carbocycles. The summed E-state index contributed by atoms with van der Waals surface area (Å²) in [7, 11) is 0. The third kappa shape index (κ3) is 4.94. The van der Waals surface area contributed by atoms with Gasteiger partial charge in [-0.3, -0.25) is 0 Å². The monoisotopic (exact) mass is 460 g/mol. The van der Waals surface area contributed by atoms with Gasteiger partial charge in [0.2, 0.25) is 0 Å². The van der Waals surface area contributed by atoms with Crippen LogP contribution in [-0.2, 0) is 6.42 Å². The lowest BCUT2D eigenvalue weighted by Crippen LogP contribution is -2.12. The Hall–Kier alpha value is -2.86. The van der Waals surface area contributed by atoms with Crippen LogP contribution in [0.2, 0.25) is 0 Å². The second kappa shape index (κ2) is 10.0. The summed E-state index contributed by atoms with van der Waals surface area (Å²) in [5.74, 6) is 2.36. The maximum absolute atomic E-state index is 4.45. The first-order chi connectivity index (χ1) is 16.9. The maximum Gasteiger partial charge on any atom is 0.0130 e. The van der Waals surface area contributed by atoms with Crippen molar-refractivity contribution >= 4 is 6.08 Å². The van der Waals surface area contributed by atoms with E-state index in [1.807, 2.05) is 0 Å². The number of fused-ring (bicyclic) bond motifs is 1. The van der Waals surface area contributed by atoms with Crippen molar-refractivity contribution in [1.29, 1.82) is 0 Å². The van der Waals surface area contributed by atoms with Crippen molar-refractivity contribution in [2.75, 3.05) is 0 Å². The minimum absolute atomic E-state index is 0.331. The molecular formula is C35H40. The van der Waals surface area contributed by atoms with E-state index < -0.39 is 0 Å². The van der Waals surface area contributed by atoms with Crippen LogP contribution in [0.25, 0.3) is 6.08 Å². The quantitative estimate of drug-likeness (QED) is 0.355. The Bertz CT molecular complexity index is 1210. The summed E-state index contributed by atoms with van der Waals surface area (Å²) < 4.78 is 0. The molecule has 0 amide bonds. The van der Waals surface area contributed by atoms with Gasteiger partial charge in [-0.1, -0.05) is 106 Å². The van der Waals surface area contributed by atoms with E-state index in [0.29, 0.717) is 11.8 Å². The zero-order valence-electron chi connectivity index (χ0n) is 22.0. The first-order valence-corrected chi connectivity index (χ1v) is 13.6. The summed E-state index contributed by atoms with van der Waals surface area (Å²) >= 11 is 0. The van der Waals surface area contributed by atoms with Crippen LogP contribution in [0.1, 0.15) is 102 Å². The number of hydrogen-bond acceptors (Lipinski definition) is 0. The molecule has 0 aliphatic heterocycles. The molecule has 3 aromatic carbocycles. The van der Waals surface area contributed by atoms with Crippen molar-refractivity contribution < 1.29 is 0 Å². The molecule has 2 aliphatic rings. The molecule has 0 spiro atoms. The van der Waals surface area contributed by atoms with Crippen molar-refractivity contribution in [3.8, 4) is 0 Å².